The molecule has 1 heterocycles. The number of hydrogen-bond donors (Lipinski definition) is 0. The van der Waals surface area contributed by atoms with Crippen molar-refractivity contribution in [1.82, 2.24) is 0 Å². The van der Waals surface area contributed by atoms with Gasteiger partial charge in [-0.3, -0.25) is 0 Å². The predicted molar refractivity (Wildman–Crippen MR) is 60.4 cm³/mol. The Bertz CT molecular complexity index is 219. The molecule has 14 heavy (non-hydrogen) atoms. The fraction of sp³-hybridized carbons (Fsp3) is 0.692. The Morgan fingerprint density at radius 2 is 1.86 bits per heavy atom. The first-order valence-corrected chi connectivity index (χ1v) is 5.81. The summed E-state index contributed by atoms with van der Waals surface area (Å²) in [7, 11) is 0. The molecule has 0 bridgehead atoms. The summed E-state index contributed by atoms with van der Waals surface area (Å²) in [5.41, 5.74) is 1.36. The molecule has 1 atom stereocenters. The van der Waals surface area contributed by atoms with Crippen LogP contribution < -0.4 is 0 Å². The number of hydrogen-bond acceptors (Lipinski definition) is 1. The second-order valence-corrected chi connectivity index (χ2v) is 4.18. The first kappa shape index (κ1) is 11.4. The zero-order chi connectivity index (χ0) is 10.4. The highest BCUT2D eigenvalue weighted by Crippen LogP contribution is 2.31. The van der Waals surface area contributed by atoms with E-state index in [1.165, 1.54) is 31.2 Å². The fourth-order valence-electron chi connectivity index (χ4n) is 2.19. The lowest BCUT2D eigenvalue weighted by molar-refractivity contribution is 0.377. The molecule has 1 unspecified atom stereocenters. The van der Waals surface area contributed by atoms with Gasteiger partial charge in [0.25, 0.3) is 0 Å². The van der Waals surface area contributed by atoms with Crippen molar-refractivity contribution in [2.24, 2.45) is 5.92 Å². The van der Waals surface area contributed by atoms with Gasteiger partial charge in [0, 0.05) is 0 Å². The maximum Gasteiger partial charge on any atom is 0.0937 e. The summed E-state index contributed by atoms with van der Waals surface area (Å²) < 4.78 is 5.14. The van der Waals surface area contributed by atoms with Crippen molar-refractivity contribution in [1.29, 1.82) is 0 Å². The third kappa shape index (κ3) is 2.90. The average molecular weight is 194 g/mol. The molecule has 1 rings (SSSR count). The van der Waals surface area contributed by atoms with E-state index in [1.54, 1.807) is 6.26 Å². The zero-order valence-corrected chi connectivity index (χ0v) is 9.62. The molecule has 0 aromatic carbocycles. The van der Waals surface area contributed by atoms with Gasteiger partial charge in [-0.2, -0.15) is 0 Å². The van der Waals surface area contributed by atoms with E-state index >= 15 is 0 Å². The standard InChI is InChI=1S/C13H22O/c1-4-6-12(7-5-2)11(3)13-8-9-14-10-13/h8-12H,4-7H2,1-3H3. The van der Waals surface area contributed by atoms with Crippen molar-refractivity contribution in [2.45, 2.75) is 52.4 Å². The molecule has 80 valence electrons. The second kappa shape index (κ2) is 5.90. The van der Waals surface area contributed by atoms with E-state index in [1.807, 2.05) is 6.26 Å². The minimum Gasteiger partial charge on any atom is -0.472 e. The first-order valence-electron chi connectivity index (χ1n) is 5.81. The van der Waals surface area contributed by atoms with Gasteiger partial charge >= 0.3 is 0 Å². The van der Waals surface area contributed by atoms with Gasteiger partial charge in [0.05, 0.1) is 12.5 Å². The van der Waals surface area contributed by atoms with Crippen molar-refractivity contribution in [3.8, 4) is 0 Å². The lowest BCUT2D eigenvalue weighted by Crippen LogP contribution is -2.09. The van der Waals surface area contributed by atoms with E-state index < -0.39 is 0 Å². The molecular formula is C13H22O. The summed E-state index contributed by atoms with van der Waals surface area (Å²) >= 11 is 0. The van der Waals surface area contributed by atoms with Crippen LogP contribution in [0.3, 0.4) is 0 Å². The molecule has 1 nitrogen and oxygen atoms in total. The molecule has 1 aromatic rings. The van der Waals surface area contributed by atoms with E-state index in [0.29, 0.717) is 5.92 Å². The molecule has 0 spiro atoms. The van der Waals surface area contributed by atoms with Crippen LogP contribution >= 0.6 is 0 Å². The molecule has 1 heteroatoms. The van der Waals surface area contributed by atoms with E-state index in [0.717, 1.165) is 5.92 Å². The van der Waals surface area contributed by atoms with Gasteiger partial charge in [-0.25, -0.2) is 0 Å². The molecule has 0 N–H and O–H groups in total. The summed E-state index contributed by atoms with van der Waals surface area (Å²) in [5.74, 6) is 1.47. The topological polar surface area (TPSA) is 13.1 Å². The van der Waals surface area contributed by atoms with Crippen LogP contribution in [0.2, 0.25) is 0 Å². The third-order valence-electron chi connectivity index (χ3n) is 3.10. The zero-order valence-electron chi connectivity index (χ0n) is 9.62. The van der Waals surface area contributed by atoms with Gasteiger partial charge < -0.3 is 4.42 Å². The van der Waals surface area contributed by atoms with Crippen LogP contribution in [-0.4, -0.2) is 0 Å². The van der Waals surface area contributed by atoms with Crippen molar-refractivity contribution < 1.29 is 4.42 Å². The van der Waals surface area contributed by atoms with Crippen molar-refractivity contribution >= 4 is 0 Å². The predicted octanol–water partition coefficient (Wildman–Crippen LogP) is 4.60. The first-order chi connectivity index (χ1) is 6.79. The van der Waals surface area contributed by atoms with Gasteiger partial charge in [0.2, 0.25) is 0 Å². The van der Waals surface area contributed by atoms with E-state index in [4.69, 9.17) is 4.42 Å². The molecule has 0 aliphatic carbocycles. The van der Waals surface area contributed by atoms with Crippen LogP contribution in [0, 0.1) is 5.92 Å². The monoisotopic (exact) mass is 194 g/mol. The molecule has 0 fully saturated rings. The van der Waals surface area contributed by atoms with E-state index in [2.05, 4.69) is 26.8 Å². The van der Waals surface area contributed by atoms with Crippen molar-refractivity contribution in [3.05, 3.63) is 24.2 Å². The summed E-state index contributed by atoms with van der Waals surface area (Å²) in [6, 6.07) is 2.10. The van der Waals surface area contributed by atoms with Crippen molar-refractivity contribution in [3.63, 3.8) is 0 Å². The van der Waals surface area contributed by atoms with Crippen LogP contribution in [0.1, 0.15) is 57.9 Å². The normalized spacial score (nSPS) is 13.4. The van der Waals surface area contributed by atoms with Crippen LogP contribution in [0.15, 0.2) is 23.0 Å². The van der Waals surface area contributed by atoms with Gasteiger partial charge in [0.1, 0.15) is 0 Å². The summed E-state index contributed by atoms with van der Waals surface area (Å²) in [4.78, 5) is 0. The van der Waals surface area contributed by atoms with Gasteiger partial charge in [-0.15, -0.1) is 0 Å². The van der Waals surface area contributed by atoms with Crippen LogP contribution in [0.5, 0.6) is 0 Å². The number of furan rings is 1. The number of rotatable bonds is 6. The SMILES string of the molecule is CCCC(CCC)C(C)c1ccoc1. The Hall–Kier alpha value is -0.720. The smallest absolute Gasteiger partial charge is 0.0937 e. The summed E-state index contributed by atoms with van der Waals surface area (Å²) in [6.45, 7) is 6.86. The summed E-state index contributed by atoms with van der Waals surface area (Å²) in [5, 5.41) is 0. The van der Waals surface area contributed by atoms with E-state index in [-0.39, 0.29) is 0 Å². The lowest BCUT2D eigenvalue weighted by atomic mass is 9.83. The molecule has 0 amide bonds. The highest BCUT2D eigenvalue weighted by atomic mass is 16.3. The highest BCUT2D eigenvalue weighted by Gasteiger charge is 2.17. The Kier molecular flexibility index (Phi) is 4.78. The van der Waals surface area contributed by atoms with Crippen LogP contribution in [0.4, 0.5) is 0 Å². The quantitative estimate of drug-likeness (QED) is 0.645. The summed E-state index contributed by atoms with van der Waals surface area (Å²) in [6.07, 6.45) is 8.91. The molecule has 0 saturated heterocycles. The maximum atomic E-state index is 5.14. The third-order valence-corrected chi connectivity index (χ3v) is 3.10. The molecular weight excluding hydrogens is 172 g/mol. The Morgan fingerprint density at radius 1 is 1.21 bits per heavy atom. The lowest BCUT2D eigenvalue weighted by Gasteiger charge is -2.22. The molecule has 0 radical (unpaired) electrons. The van der Waals surface area contributed by atoms with Crippen LogP contribution in [0.25, 0.3) is 0 Å². The van der Waals surface area contributed by atoms with Gasteiger partial charge in [-0.1, -0.05) is 46.5 Å². The molecule has 0 aliphatic rings. The van der Waals surface area contributed by atoms with Gasteiger partial charge in [0.15, 0.2) is 0 Å². The minimum atomic E-state index is 0.647. The Morgan fingerprint density at radius 3 is 2.29 bits per heavy atom. The second-order valence-electron chi connectivity index (χ2n) is 4.18. The largest absolute Gasteiger partial charge is 0.472 e. The average Bonchev–Trinajstić information content (AvgIpc) is 2.69. The van der Waals surface area contributed by atoms with E-state index in [9.17, 15) is 0 Å². The molecule has 0 aliphatic heterocycles. The molecule has 1 aromatic heterocycles. The van der Waals surface area contributed by atoms with Crippen LogP contribution in [-0.2, 0) is 0 Å². The van der Waals surface area contributed by atoms with Gasteiger partial charge in [-0.05, 0) is 23.5 Å². The van der Waals surface area contributed by atoms with Crippen molar-refractivity contribution in [2.75, 3.05) is 0 Å². The Balaban J connectivity index is 2.58. The Labute approximate surface area is 87.5 Å². The highest BCUT2D eigenvalue weighted by molar-refractivity contribution is 5.12. The minimum absolute atomic E-state index is 0.647. The fourth-order valence-corrected chi connectivity index (χ4v) is 2.19. The maximum absolute atomic E-state index is 5.14. The molecule has 0 saturated carbocycles.